The average Bonchev–Trinajstić information content (AvgIpc) is 2.25. The van der Waals surface area contributed by atoms with Crippen LogP contribution in [0.15, 0.2) is 40.9 Å². The lowest BCUT2D eigenvalue weighted by Crippen LogP contribution is -2.20. The quantitative estimate of drug-likeness (QED) is 0.794. The fraction of sp³-hybridized carbons (Fsp3) is 0.385. The Kier molecular flexibility index (Phi) is 5.06. The zero-order valence-electron chi connectivity index (χ0n) is 9.39. The van der Waals surface area contributed by atoms with Gasteiger partial charge in [-0.3, -0.25) is 0 Å². The van der Waals surface area contributed by atoms with Gasteiger partial charge in [-0.05, 0) is 31.0 Å². The molecule has 0 heterocycles. The molecule has 0 amide bonds. The molecule has 1 atom stereocenters. The van der Waals surface area contributed by atoms with Gasteiger partial charge in [0.15, 0.2) is 0 Å². The topological polar surface area (TPSA) is 12.0 Å². The van der Waals surface area contributed by atoms with Gasteiger partial charge in [0.1, 0.15) is 0 Å². The van der Waals surface area contributed by atoms with Crippen LogP contribution >= 0.6 is 15.9 Å². The molecule has 0 unspecified atom stereocenters. The standard InChI is InChI=1S/C13H18BrN/c1-4-10(2)9-15-11(3)12-6-5-7-13(14)8-12/h5-8,11,15H,2,4,9H2,1,3H3/t11-/m1/s1. The van der Waals surface area contributed by atoms with Crippen molar-refractivity contribution in [1.29, 1.82) is 0 Å². The van der Waals surface area contributed by atoms with Gasteiger partial charge in [0, 0.05) is 17.1 Å². The fourth-order valence-electron chi connectivity index (χ4n) is 1.32. The minimum absolute atomic E-state index is 0.366. The van der Waals surface area contributed by atoms with Gasteiger partial charge in [-0.15, -0.1) is 0 Å². The summed E-state index contributed by atoms with van der Waals surface area (Å²) in [5, 5.41) is 3.46. The molecular formula is C13H18BrN. The first-order valence-electron chi connectivity index (χ1n) is 5.29. The number of benzene rings is 1. The summed E-state index contributed by atoms with van der Waals surface area (Å²) in [4.78, 5) is 0. The number of hydrogen-bond donors (Lipinski definition) is 1. The van der Waals surface area contributed by atoms with E-state index in [1.165, 1.54) is 11.1 Å². The Bertz CT molecular complexity index is 333. The van der Waals surface area contributed by atoms with E-state index < -0.39 is 0 Å². The number of hydrogen-bond acceptors (Lipinski definition) is 1. The molecule has 0 fully saturated rings. The molecule has 1 rings (SSSR count). The molecule has 0 aliphatic rings. The van der Waals surface area contributed by atoms with Crippen LogP contribution < -0.4 is 5.32 Å². The van der Waals surface area contributed by atoms with Crippen molar-refractivity contribution in [3.05, 3.63) is 46.5 Å². The number of nitrogens with one attached hydrogen (secondary N) is 1. The van der Waals surface area contributed by atoms with Crippen molar-refractivity contribution in [1.82, 2.24) is 5.32 Å². The molecule has 1 nitrogen and oxygen atoms in total. The molecule has 1 aromatic rings. The van der Waals surface area contributed by atoms with E-state index in [2.05, 4.69) is 59.9 Å². The van der Waals surface area contributed by atoms with Gasteiger partial charge in [-0.1, -0.05) is 47.1 Å². The third-order valence-electron chi connectivity index (χ3n) is 2.51. The molecule has 82 valence electrons. The summed E-state index contributed by atoms with van der Waals surface area (Å²) < 4.78 is 1.13. The molecule has 0 saturated carbocycles. The lowest BCUT2D eigenvalue weighted by molar-refractivity contribution is 0.601. The Balaban J connectivity index is 2.53. The van der Waals surface area contributed by atoms with Crippen LogP contribution in [0.3, 0.4) is 0 Å². The fourth-order valence-corrected chi connectivity index (χ4v) is 1.73. The van der Waals surface area contributed by atoms with Crippen molar-refractivity contribution < 1.29 is 0 Å². The van der Waals surface area contributed by atoms with Gasteiger partial charge in [0.25, 0.3) is 0 Å². The van der Waals surface area contributed by atoms with Gasteiger partial charge >= 0.3 is 0 Å². The van der Waals surface area contributed by atoms with E-state index in [9.17, 15) is 0 Å². The summed E-state index contributed by atoms with van der Waals surface area (Å²) in [6, 6.07) is 8.75. The predicted octanol–water partition coefficient (Wildman–Crippen LogP) is 4.07. The smallest absolute Gasteiger partial charge is 0.0295 e. The van der Waals surface area contributed by atoms with Crippen molar-refractivity contribution in [3.8, 4) is 0 Å². The maximum absolute atomic E-state index is 3.98. The maximum atomic E-state index is 3.98. The van der Waals surface area contributed by atoms with Crippen molar-refractivity contribution in [2.75, 3.05) is 6.54 Å². The first kappa shape index (κ1) is 12.5. The monoisotopic (exact) mass is 267 g/mol. The Labute approximate surface area is 101 Å². The molecule has 2 heteroatoms. The van der Waals surface area contributed by atoms with Gasteiger partial charge < -0.3 is 5.32 Å². The Morgan fingerprint density at radius 1 is 1.53 bits per heavy atom. The molecule has 0 aliphatic heterocycles. The highest BCUT2D eigenvalue weighted by Crippen LogP contribution is 2.17. The molecule has 1 N–H and O–H groups in total. The van der Waals surface area contributed by atoms with Gasteiger partial charge in [-0.25, -0.2) is 0 Å². The molecule has 0 aliphatic carbocycles. The van der Waals surface area contributed by atoms with Crippen molar-refractivity contribution in [2.24, 2.45) is 0 Å². The van der Waals surface area contributed by atoms with Crippen LogP contribution in [-0.2, 0) is 0 Å². The zero-order chi connectivity index (χ0) is 11.3. The minimum atomic E-state index is 0.366. The number of halogens is 1. The SMILES string of the molecule is C=C(CC)CN[C@H](C)c1cccc(Br)c1. The summed E-state index contributed by atoms with van der Waals surface area (Å²) in [6.45, 7) is 9.18. The molecule has 0 aromatic heterocycles. The molecule has 15 heavy (non-hydrogen) atoms. The second-order valence-electron chi connectivity index (χ2n) is 3.76. The van der Waals surface area contributed by atoms with E-state index in [-0.39, 0.29) is 0 Å². The van der Waals surface area contributed by atoms with Crippen molar-refractivity contribution in [3.63, 3.8) is 0 Å². The second kappa shape index (κ2) is 6.09. The third kappa shape index (κ3) is 4.18. The molecule has 0 saturated heterocycles. The van der Waals surface area contributed by atoms with Gasteiger partial charge in [0.2, 0.25) is 0 Å². The summed E-state index contributed by atoms with van der Waals surface area (Å²) in [5.74, 6) is 0. The number of rotatable bonds is 5. The molecule has 0 radical (unpaired) electrons. The molecular weight excluding hydrogens is 250 g/mol. The first-order valence-corrected chi connectivity index (χ1v) is 6.08. The van der Waals surface area contributed by atoms with E-state index in [0.717, 1.165) is 17.4 Å². The normalized spacial score (nSPS) is 12.5. The average molecular weight is 268 g/mol. The summed E-state index contributed by atoms with van der Waals surface area (Å²) >= 11 is 3.48. The van der Waals surface area contributed by atoms with Gasteiger partial charge in [-0.2, -0.15) is 0 Å². The van der Waals surface area contributed by atoms with E-state index in [1.807, 2.05) is 6.07 Å². The third-order valence-corrected chi connectivity index (χ3v) is 3.00. The maximum Gasteiger partial charge on any atom is 0.0295 e. The van der Waals surface area contributed by atoms with Crippen molar-refractivity contribution in [2.45, 2.75) is 26.3 Å². The highest BCUT2D eigenvalue weighted by molar-refractivity contribution is 9.10. The zero-order valence-corrected chi connectivity index (χ0v) is 11.0. The predicted molar refractivity (Wildman–Crippen MR) is 70.0 cm³/mol. The van der Waals surface area contributed by atoms with Crippen LogP contribution in [-0.4, -0.2) is 6.54 Å². The molecule has 0 spiro atoms. The van der Waals surface area contributed by atoms with Crippen LogP contribution in [0, 0.1) is 0 Å². The van der Waals surface area contributed by atoms with Crippen molar-refractivity contribution >= 4 is 15.9 Å². The lowest BCUT2D eigenvalue weighted by Gasteiger charge is -2.15. The second-order valence-corrected chi connectivity index (χ2v) is 4.68. The van der Waals surface area contributed by atoms with E-state index in [0.29, 0.717) is 6.04 Å². The summed E-state index contributed by atoms with van der Waals surface area (Å²) in [7, 11) is 0. The van der Waals surface area contributed by atoms with E-state index in [4.69, 9.17) is 0 Å². The van der Waals surface area contributed by atoms with Gasteiger partial charge in [0.05, 0.1) is 0 Å². The summed E-state index contributed by atoms with van der Waals surface area (Å²) in [6.07, 6.45) is 1.04. The van der Waals surface area contributed by atoms with Crippen LogP contribution in [0.25, 0.3) is 0 Å². The Morgan fingerprint density at radius 2 is 2.27 bits per heavy atom. The van der Waals surface area contributed by atoms with Crippen LogP contribution in [0.5, 0.6) is 0 Å². The van der Waals surface area contributed by atoms with E-state index >= 15 is 0 Å². The van der Waals surface area contributed by atoms with E-state index in [1.54, 1.807) is 0 Å². The molecule has 1 aromatic carbocycles. The molecule has 0 bridgehead atoms. The van der Waals surface area contributed by atoms with Crippen LogP contribution in [0.1, 0.15) is 31.9 Å². The first-order chi connectivity index (χ1) is 7.13. The highest BCUT2D eigenvalue weighted by atomic mass is 79.9. The summed E-state index contributed by atoms with van der Waals surface area (Å²) in [5.41, 5.74) is 2.55. The van der Waals surface area contributed by atoms with Crippen LogP contribution in [0.2, 0.25) is 0 Å². The highest BCUT2D eigenvalue weighted by Gasteiger charge is 2.04. The Morgan fingerprint density at radius 3 is 2.87 bits per heavy atom. The minimum Gasteiger partial charge on any atom is -0.306 e. The largest absolute Gasteiger partial charge is 0.306 e. The lowest BCUT2D eigenvalue weighted by atomic mass is 10.1. The van der Waals surface area contributed by atoms with Crippen LogP contribution in [0.4, 0.5) is 0 Å². The Hall–Kier alpha value is -0.600.